The summed E-state index contributed by atoms with van der Waals surface area (Å²) < 4.78 is 15.5. The van der Waals surface area contributed by atoms with E-state index in [1.54, 1.807) is 6.07 Å². The molecular formula is C13H15FN4. The molecule has 3 rings (SSSR count). The van der Waals surface area contributed by atoms with Crippen LogP contribution in [0.2, 0.25) is 0 Å². The van der Waals surface area contributed by atoms with Crippen molar-refractivity contribution < 1.29 is 4.39 Å². The number of rotatable bonds is 2. The molecule has 18 heavy (non-hydrogen) atoms. The van der Waals surface area contributed by atoms with Gasteiger partial charge in [-0.1, -0.05) is 18.9 Å². The molecule has 0 radical (unpaired) electrons. The van der Waals surface area contributed by atoms with Gasteiger partial charge in [0.25, 0.3) is 0 Å². The van der Waals surface area contributed by atoms with Crippen LogP contribution in [-0.2, 0) is 5.54 Å². The van der Waals surface area contributed by atoms with Gasteiger partial charge in [-0.2, -0.15) is 5.10 Å². The van der Waals surface area contributed by atoms with Crippen LogP contribution in [0.5, 0.6) is 0 Å². The first-order valence-electron chi connectivity index (χ1n) is 6.13. The van der Waals surface area contributed by atoms with E-state index in [0.717, 1.165) is 31.2 Å². The quantitative estimate of drug-likeness (QED) is 0.883. The van der Waals surface area contributed by atoms with E-state index in [-0.39, 0.29) is 11.4 Å². The number of aromatic nitrogens is 3. The molecule has 1 heterocycles. The average Bonchev–Trinajstić information content (AvgIpc) is 3.00. The van der Waals surface area contributed by atoms with Crippen molar-refractivity contribution in [2.24, 2.45) is 5.73 Å². The molecule has 1 aliphatic rings. The molecule has 0 bridgehead atoms. The molecule has 0 atom stereocenters. The van der Waals surface area contributed by atoms with Crippen LogP contribution in [0.3, 0.4) is 0 Å². The van der Waals surface area contributed by atoms with Gasteiger partial charge in [0.15, 0.2) is 0 Å². The van der Waals surface area contributed by atoms with E-state index >= 15 is 0 Å². The lowest BCUT2D eigenvalue weighted by Gasteiger charge is -2.24. The van der Waals surface area contributed by atoms with Gasteiger partial charge in [0.2, 0.25) is 0 Å². The summed E-state index contributed by atoms with van der Waals surface area (Å²) in [6.07, 6.45) is 6.94. The number of hydrogen-bond acceptors (Lipinski definition) is 3. The first kappa shape index (κ1) is 11.3. The predicted molar refractivity (Wildman–Crippen MR) is 65.7 cm³/mol. The molecule has 0 unspecified atom stereocenters. The van der Waals surface area contributed by atoms with Crippen molar-refractivity contribution in [2.75, 3.05) is 0 Å². The summed E-state index contributed by atoms with van der Waals surface area (Å²) in [4.78, 5) is 3.81. The Morgan fingerprint density at radius 1 is 1.28 bits per heavy atom. The highest BCUT2D eigenvalue weighted by molar-refractivity contribution is 5.38. The van der Waals surface area contributed by atoms with Crippen LogP contribution in [0, 0.1) is 5.82 Å². The fraction of sp³-hybridized carbons (Fsp3) is 0.385. The summed E-state index contributed by atoms with van der Waals surface area (Å²) in [6, 6.07) is 5.14. The molecular weight excluding hydrogens is 231 g/mol. The normalized spacial score (nSPS) is 18.1. The van der Waals surface area contributed by atoms with Crippen LogP contribution >= 0.6 is 0 Å². The number of hydrogen-bond donors (Lipinski definition) is 1. The van der Waals surface area contributed by atoms with Gasteiger partial charge in [-0.3, -0.25) is 0 Å². The Hall–Kier alpha value is -1.75. The molecule has 1 aliphatic carbocycles. The van der Waals surface area contributed by atoms with Crippen molar-refractivity contribution in [3.63, 3.8) is 0 Å². The summed E-state index contributed by atoms with van der Waals surface area (Å²) in [5, 5.41) is 3.93. The van der Waals surface area contributed by atoms with Crippen LogP contribution in [0.25, 0.3) is 5.69 Å². The highest BCUT2D eigenvalue weighted by Crippen LogP contribution is 2.36. The summed E-state index contributed by atoms with van der Waals surface area (Å²) >= 11 is 0. The maximum absolute atomic E-state index is 14.1. The third kappa shape index (κ3) is 1.80. The number of benzene rings is 1. The summed E-state index contributed by atoms with van der Waals surface area (Å²) in [5.74, 6) is -0.310. The van der Waals surface area contributed by atoms with Gasteiger partial charge in [0.05, 0.1) is 0 Å². The van der Waals surface area contributed by atoms with Crippen LogP contribution in [-0.4, -0.2) is 14.8 Å². The highest BCUT2D eigenvalue weighted by atomic mass is 19.1. The second-order valence-corrected chi connectivity index (χ2v) is 4.87. The van der Waals surface area contributed by atoms with Gasteiger partial charge >= 0.3 is 0 Å². The van der Waals surface area contributed by atoms with E-state index in [9.17, 15) is 4.39 Å². The second kappa shape index (κ2) is 4.17. The monoisotopic (exact) mass is 246 g/mol. The SMILES string of the molecule is NC1(c2ccc(-n3cncn3)c(F)c2)CCCC1. The Kier molecular flexibility index (Phi) is 2.63. The van der Waals surface area contributed by atoms with E-state index in [2.05, 4.69) is 10.1 Å². The molecule has 1 aromatic carbocycles. The highest BCUT2D eigenvalue weighted by Gasteiger charge is 2.31. The lowest BCUT2D eigenvalue weighted by molar-refractivity contribution is 0.457. The minimum Gasteiger partial charge on any atom is -0.321 e. The molecule has 2 aromatic rings. The van der Waals surface area contributed by atoms with Crippen LogP contribution in [0.15, 0.2) is 30.9 Å². The molecule has 1 saturated carbocycles. The molecule has 1 aromatic heterocycles. The smallest absolute Gasteiger partial charge is 0.149 e. The first-order chi connectivity index (χ1) is 8.69. The van der Waals surface area contributed by atoms with Gasteiger partial charge in [0, 0.05) is 5.54 Å². The zero-order valence-corrected chi connectivity index (χ0v) is 10.0. The molecule has 5 heteroatoms. The van der Waals surface area contributed by atoms with E-state index < -0.39 is 0 Å². The molecule has 0 spiro atoms. The first-order valence-corrected chi connectivity index (χ1v) is 6.13. The summed E-state index contributed by atoms with van der Waals surface area (Å²) in [5.41, 5.74) is 7.23. The van der Waals surface area contributed by atoms with Gasteiger partial charge in [-0.15, -0.1) is 0 Å². The largest absolute Gasteiger partial charge is 0.321 e. The third-order valence-electron chi connectivity index (χ3n) is 3.68. The fourth-order valence-electron chi connectivity index (χ4n) is 2.63. The van der Waals surface area contributed by atoms with Crippen molar-refractivity contribution >= 4 is 0 Å². The zero-order valence-electron chi connectivity index (χ0n) is 10.0. The predicted octanol–water partition coefficient (Wildman–Crippen LogP) is 2.13. The van der Waals surface area contributed by atoms with Crippen molar-refractivity contribution in [3.05, 3.63) is 42.2 Å². The van der Waals surface area contributed by atoms with Crippen molar-refractivity contribution in [3.8, 4) is 5.69 Å². The van der Waals surface area contributed by atoms with Crippen molar-refractivity contribution in [2.45, 2.75) is 31.2 Å². The van der Waals surface area contributed by atoms with Crippen LogP contribution in [0.4, 0.5) is 4.39 Å². The van der Waals surface area contributed by atoms with Crippen molar-refractivity contribution in [1.82, 2.24) is 14.8 Å². The van der Waals surface area contributed by atoms with E-state index in [4.69, 9.17) is 5.73 Å². The summed E-state index contributed by atoms with van der Waals surface area (Å²) in [7, 11) is 0. The van der Waals surface area contributed by atoms with E-state index in [1.165, 1.54) is 23.4 Å². The zero-order chi connectivity index (χ0) is 12.6. The van der Waals surface area contributed by atoms with Gasteiger partial charge in [-0.05, 0) is 30.5 Å². The fourth-order valence-corrected chi connectivity index (χ4v) is 2.63. The molecule has 2 N–H and O–H groups in total. The maximum atomic E-state index is 14.1. The third-order valence-corrected chi connectivity index (χ3v) is 3.68. The van der Waals surface area contributed by atoms with E-state index in [1.807, 2.05) is 6.07 Å². The van der Waals surface area contributed by atoms with Crippen LogP contribution in [0.1, 0.15) is 31.2 Å². The maximum Gasteiger partial charge on any atom is 0.149 e. The van der Waals surface area contributed by atoms with Gasteiger partial charge < -0.3 is 5.73 Å². The Bertz CT molecular complexity index is 544. The molecule has 94 valence electrons. The lowest BCUT2D eigenvalue weighted by atomic mass is 9.89. The molecule has 4 nitrogen and oxygen atoms in total. The number of nitrogens with two attached hydrogens (primary N) is 1. The van der Waals surface area contributed by atoms with Crippen LogP contribution < -0.4 is 5.73 Å². The summed E-state index contributed by atoms with van der Waals surface area (Å²) in [6.45, 7) is 0. The molecule has 1 fully saturated rings. The Morgan fingerprint density at radius 3 is 2.67 bits per heavy atom. The topological polar surface area (TPSA) is 56.7 Å². The van der Waals surface area contributed by atoms with Gasteiger partial charge in [0.1, 0.15) is 24.2 Å². The average molecular weight is 246 g/mol. The van der Waals surface area contributed by atoms with Crippen molar-refractivity contribution in [1.29, 1.82) is 0 Å². The van der Waals surface area contributed by atoms with Gasteiger partial charge in [-0.25, -0.2) is 14.1 Å². The minimum atomic E-state index is -0.359. The lowest BCUT2D eigenvalue weighted by Crippen LogP contribution is -2.33. The Labute approximate surface area is 105 Å². The number of halogens is 1. The molecule has 0 saturated heterocycles. The minimum absolute atomic E-state index is 0.310. The Balaban J connectivity index is 1.99. The standard InChI is InChI=1S/C13H15FN4/c14-11-7-10(13(15)5-1-2-6-13)3-4-12(11)18-9-16-8-17-18/h3-4,7-9H,1-2,5-6,15H2. The molecule has 0 aliphatic heterocycles. The van der Waals surface area contributed by atoms with E-state index in [0.29, 0.717) is 5.69 Å². The number of nitrogens with zero attached hydrogens (tertiary/aromatic N) is 3. The second-order valence-electron chi connectivity index (χ2n) is 4.87. The Morgan fingerprint density at radius 2 is 2.06 bits per heavy atom. The molecule has 0 amide bonds.